The zero-order chi connectivity index (χ0) is 13.4. The van der Waals surface area contributed by atoms with E-state index in [9.17, 15) is 0 Å². The average molecular weight is 334 g/mol. The highest BCUT2D eigenvalue weighted by Gasteiger charge is 2.10. The van der Waals surface area contributed by atoms with Crippen LogP contribution >= 0.6 is 28.1 Å². The fourth-order valence-corrected chi connectivity index (χ4v) is 2.85. The lowest BCUT2D eigenvalue weighted by Gasteiger charge is -2.09. The van der Waals surface area contributed by atoms with Crippen molar-refractivity contribution in [2.45, 2.75) is 13.3 Å². The third-order valence-electron chi connectivity index (χ3n) is 3.10. The van der Waals surface area contributed by atoms with E-state index in [4.69, 9.17) is 12.2 Å². The first kappa shape index (κ1) is 12.6. The fraction of sp³-hybridized carbons (Fsp3) is 0.143. The second-order valence-corrected chi connectivity index (χ2v) is 5.57. The Hall–Kier alpha value is -1.46. The van der Waals surface area contributed by atoms with Crippen LogP contribution in [0.5, 0.6) is 0 Å². The number of nitrogens with one attached hydrogen (secondary N) is 1. The maximum atomic E-state index is 5.44. The first-order valence-corrected chi connectivity index (χ1v) is 7.25. The van der Waals surface area contributed by atoms with E-state index in [-0.39, 0.29) is 0 Å². The van der Waals surface area contributed by atoms with Gasteiger partial charge in [-0.2, -0.15) is 0 Å². The van der Waals surface area contributed by atoms with Gasteiger partial charge in [0.25, 0.3) is 0 Å². The SMILES string of the molecule is CCc1ccccc1-n1c(=S)[nH]c2cc(Br)cnc21. The number of pyridine rings is 1. The zero-order valence-corrected chi connectivity index (χ0v) is 12.8. The molecule has 2 heterocycles. The molecule has 0 aliphatic heterocycles. The lowest BCUT2D eigenvalue weighted by molar-refractivity contribution is 0.997. The van der Waals surface area contributed by atoms with Gasteiger partial charge in [0.2, 0.25) is 0 Å². The van der Waals surface area contributed by atoms with Gasteiger partial charge in [-0.25, -0.2) is 4.98 Å². The molecule has 1 aromatic carbocycles. The van der Waals surface area contributed by atoms with Gasteiger partial charge in [-0.1, -0.05) is 25.1 Å². The maximum Gasteiger partial charge on any atom is 0.184 e. The van der Waals surface area contributed by atoms with Crippen LogP contribution in [-0.4, -0.2) is 14.5 Å². The Balaban J connectivity index is 2.36. The molecule has 96 valence electrons. The number of para-hydroxylation sites is 1. The van der Waals surface area contributed by atoms with E-state index in [0.717, 1.165) is 27.7 Å². The molecule has 0 radical (unpaired) electrons. The Morgan fingerprint density at radius 3 is 2.95 bits per heavy atom. The highest BCUT2D eigenvalue weighted by Crippen LogP contribution is 2.23. The normalized spacial score (nSPS) is 11.1. The highest BCUT2D eigenvalue weighted by molar-refractivity contribution is 9.10. The monoisotopic (exact) mass is 333 g/mol. The smallest absolute Gasteiger partial charge is 0.184 e. The summed E-state index contributed by atoms with van der Waals surface area (Å²) in [7, 11) is 0. The minimum atomic E-state index is 0.668. The van der Waals surface area contributed by atoms with Crippen LogP contribution in [0, 0.1) is 4.77 Å². The van der Waals surface area contributed by atoms with Crippen molar-refractivity contribution in [1.29, 1.82) is 0 Å². The number of halogens is 1. The number of hydrogen-bond donors (Lipinski definition) is 1. The van der Waals surface area contributed by atoms with Crippen molar-refractivity contribution in [3.05, 3.63) is 51.3 Å². The first-order valence-electron chi connectivity index (χ1n) is 6.05. The number of hydrogen-bond acceptors (Lipinski definition) is 2. The minimum absolute atomic E-state index is 0.668. The molecule has 0 spiro atoms. The van der Waals surface area contributed by atoms with Gasteiger partial charge in [0.15, 0.2) is 10.4 Å². The molecule has 19 heavy (non-hydrogen) atoms. The van der Waals surface area contributed by atoms with Crippen molar-refractivity contribution in [2.75, 3.05) is 0 Å². The van der Waals surface area contributed by atoms with E-state index < -0.39 is 0 Å². The summed E-state index contributed by atoms with van der Waals surface area (Å²) in [6.45, 7) is 2.14. The third-order valence-corrected chi connectivity index (χ3v) is 3.82. The van der Waals surface area contributed by atoms with Gasteiger partial charge in [0.05, 0.1) is 11.2 Å². The number of benzene rings is 1. The van der Waals surface area contributed by atoms with Crippen molar-refractivity contribution in [3.8, 4) is 5.69 Å². The van der Waals surface area contributed by atoms with E-state index in [1.165, 1.54) is 5.56 Å². The van der Waals surface area contributed by atoms with Gasteiger partial charge >= 0.3 is 0 Å². The van der Waals surface area contributed by atoms with Gasteiger partial charge in [0, 0.05) is 10.7 Å². The van der Waals surface area contributed by atoms with Gasteiger partial charge in [-0.3, -0.25) is 4.57 Å². The van der Waals surface area contributed by atoms with Crippen LogP contribution in [0.25, 0.3) is 16.9 Å². The Labute approximate surface area is 124 Å². The number of aromatic nitrogens is 3. The van der Waals surface area contributed by atoms with Gasteiger partial charge in [-0.15, -0.1) is 0 Å². The van der Waals surface area contributed by atoms with E-state index in [1.54, 1.807) is 6.20 Å². The Morgan fingerprint density at radius 1 is 1.37 bits per heavy atom. The third kappa shape index (κ3) is 2.13. The number of aromatic amines is 1. The summed E-state index contributed by atoms with van der Waals surface area (Å²) >= 11 is 8.86. The number of nitrogens with zero attached hydrogens (tertiary/aromatic N) is 2. The topological polar surface area (TPSA) is 33.6 Å². The van der Waals surface area contributed by atoms with Crippen LogP contribution < -0.4 is 0 Å². The molecule has 0 saturated carbocycles. The molecule has 0 aliphatic carbocycles. The molecular formula is C14H12BrN3S. The molecule has 5 heteroatoms. The van der Waals surface area contributed by atoms with Crippen LogP contribution in [-0.2, 0) is 6.42 Å². The molecule has 0 saturated heterocycles. The summed E-state index contributed by atoms with van der Waals surface area (Å²) in [4.78, 5) is 7.67. The van der Waals surface area contributed by atoms with Crippen molar-refractivity contribution < 1.29 is 0 Å². The van der Waals surface area contributed by atoms with Crippen LogP contribution in [0.4, 0.5) is 0 Å². The zero-order valence-electron chi connectivity index (χ0n) is 10.4. The number of rotatable bonds is 2. The number of fused-ring (bicyclic) bond motifs is 1. The standard InChI is InChI=1S/C14H12BrN3S/c1-2-9-5-3-4-6-12(9)18-13-11(17-14(18)19)7-10(15)8-16-13/h3-8H,2H2,1H3,(H,17,19). The molecule has 0 unspecified atom stereocenters. The quantitative estimate of drug-likeness (QED) is 0.705. The molecule has 0 atom stereocenters. The first-order chi connectivity index (χ1) is 9.20. The van der Waals surface area contributed by atoms with Crippen LogP contribution in [0.3, 0.4) is 0 Å². The Morgan fingerprint density at radius 2 is 2.16 bits per heavy atom. The second-order valence-electron chi connectivity index (χ2n) is 4.27. The van der Waals surface area contributed by atoms with Gasteiger partial charge in [0.1, 0.15) is 0 Å². The fourth-order valence-electron chi connectivity index (χ4n) is 2.22. The summed E-state index contributed by atoms with van der Waals surface area (Å²) < 4.78 is 3.60. The maximum absolute atomic E-state index is 5.44. The Bertz CT molecular complexity index is 804. The lowest BCUT2D eigenvalue weighted by atomic mass is 10.1. The van der Waals surface area contributed by atoms with E-state index in [1.807, 2.05) is 22.8 Å². The molecule has 2 aromatic heterocycles. The molecule has 3 rings (SSSR count). The van der Waals surface area contributed by atoms with Crippen LogP contribution in [0.15, 0.2) is 41.0 Å². The number of aryl methyl sites for hydroxylation is 1. The average Bonchev–Trinajstić information content (AvgIpc) is 2.73. The van der Waals surface area contributed by atoms with Crippen LogP contribution in [0.2, 0.25) is 0 Å². The molecule has 0 aliphatic rings. The largest absolute Gasteiger partial charge is 0.329 e. The van der Waals surface area contributed by atoms with Crippen molar-refractivity contribution in [1.82, 2.24) is 14.5 Å². The molecule has 3 aromatic rings. The minimum Gasteiger partial charge on any atom is -0.329 e. The summed E-state index contributed by atoms with van der Waals surface area (Å²) in [6, 6.07) is 10.3. The molecule has 0 fully saturated rings. The number of H-pyrrole nitrogens is 1. The Kier molecular flexibility index (Phi) is 3.24. The summed E-state index contributed by atoms with van der Waals surface area (Å²) in [5, 5.41) is 0. The molecule has 3 nitrogen and oxygen atoms in total. The van der Waals surface area contributed by atoms with Gasteiger partial charge in [-0.05, 0) is 52.3 Å². The van der Waals surface area contributed by atoms with Crippen LogP contribution in [0.1, 0.15) is 12.5 Å². The molecular weight excluding hydrogens is 322 g/mol. The number of imidazole rings is 1. The van der Waals surface area contributed by atoms with Gasteiger partial charge < -0.3 is 4.98 Å². The molecule has 0 amide bonds. The van der Waals surface area contributed by atoms with Crippen molar-refractivity contribution in [2.24, 2.45) is 0 Å². The predicted octanol–water partition coefficient (Wildman–Crippen LogP) is 4.41. The summed E-state index contributed by atoms with van der Waals surface area (Å²) in [5.41, 5.74) is 4.14. The van der Waals surface area contributed by atoms with E-state index in [2.05, 4.69) is 45.0 Å². The predicted molar refractivity (Wildman–Crippen MR) is 83.3 cm³/mol. The summed E-state index contributed by atoms with van der Waals surface area (Å²) in [6.07, 6.45) is 2.75. The van der Waals surface area contributed by atoms with E-state index >= 15 is 0 Å². The molecule has 1 N–H and O–H groups in total. The second kappa shape index (κ2) is 4.90. The van der Waals surface area contributed by atoms with E-state index in [0.29, 0.717) is 4.77 Å². The summed E-state index contributed by atoms with van der Waals surface area (Å²) in [5.74, 6) is 0. The lowest BCUT2D eigenvalue weighted by Crippen LogP contribution is -1.99. The highest BCUT2D eigenvalue weighted by atomic mass is 79.9. The van der Waals surface area contributed by atoms with Crippen molar-refractivity contribution >= 4 is 39.3 Å². The molecule has 0 bridgehead atoms. The van der Waals surface area contributed by atoms with Crippen molar-refractivity contribution in [3.63, 3.8) is 0 Å².